The van der Waals surface area contributed by atoms with Crippen LogP contribution in [0.1, 0.15) is 0 Å². The van der Waals surface area contributed by atoms with Crippen molar-refractivity contribution in [1.29, 1.82) is 0 Å². The first kappa shape index (κ1) is 13.5. The molecule has 0 amide bonds. The van der Waals surface area contributed by atoms with E-state index in [-0.39, 0.29) is 24.2 Å². The minimum atomic E-state index is -4.27. The SMILES string of the molecule is O=S(=O)([O-])CC(O)CBr.[Li+]. The zero-order valence-corrected chi connectivity index (χ0v) is 7.85. The molecule has 0 aromatic carbocycles. The zero-order chi connectivity index (χ0) is 7.49. The zero-order valence-electron chi connectivity index (χ0n) is 5.45. The van der Waals surface area contributed by atoms with E-state index in [1.165, 1.54) is 0 Å². The van der Waals surface area contributed by atoms with E-state index in [0.717, 1.165) is 0 Å². The Morgan fingerprint density at radius 1 is 1.60 bits per heavy atom. The summed E-state index contributed by atoms with van der Waals surface area (Å²) in [5, 5.41) is 8.67. The van der Waals surface area contributed by atoms with Gasteiger partial charge in [-0.2, -0.15) is 0 Å². The minimum Gasteiger partial charge on any atom is -0.748 e. The summed E-state index contributed by atoms with van der Waals surface area (Å²) < 4.78 is 29.6. The van der Waals surface area contributed by atoms with Crippen LogP contribution in [0.2, 0.25) is 0 Å². The topological polar surface area (TPSA) is 77.4 Å². The number of aliphatic hydroxyl groups excluding tert-OH is 1. The third-order valence-electron chi connectivity index (χ3n) is 0.575. The van der Waals surface area contributed by atoms with E-state index < -0.39 is 22.0 Å². The molecule has 0 aliphatic carbocycles. The number of halogens is 1. The van der Waals surface area contributed by atoms with Crippen molar-refractivity contribution in [1.82, 2.24) is 0 Å². The molecule has 0 heterocycles. The van der Waals surface area contributed by atoms with Gasteiger partial charge in [0.1, 0.15) is 0 Å². The third kappa shape index (κ3) is 8.95. The summed E-state index contributed by atoms with van der Waals surface area (Å²) >= 11 is 2.81. The van der Waals surface area contributed by atoms with Crippen molar-refractivity contribution in [3.8, 4) is 0 Å². The van der Waals surface area contributed by atoms with E-state index in [1.807, 2.05) is 0 Å². The van der Waals surface area contributed by atoms with Gasteiger partial charge in [0.25, 0.3) is 0 Å². The first-order chi connectivity index (χ1) is 3.95. The summed E-state index contributed by atoms with van der Waals surface area (Å²) in [6.45, 7) is 0. The van der Waals surface area contributed by atoms with Crippen molar-refractivity contribution in [2.45, 2.75) is 6.10 Å². The van der Waals surface area contributed by atoms with Gasteiger partial charge in [0.05, 0.1) is 22.0 Å². The van der Waals surface area contributed by atoms with Crippen molar-refractivity contribution in [2.24, 2.45) is 0 Å². The molecule has 4 nitrogen and oxygen atoms in total. The Balaban J connectivity index is 0. The molecular weight excluding hydrogens is 219 g/mol. The molecule has 0 aromatic rings. The van der Waals surface area contributed by atoms with Crippen LogP contribution in [0.25, 0.3) is 0 Å². The maximum absolute atomic E-state index is 9.86. The average Bonchev–Trinajstić information content (AvgIpc) is 1.62. The van der Waals surface area contributed by atoms with Crippen molar-refractivity contribution >= 4 is 26.0 Å². The molecule has 0 saturated heterocycles. The second kappa shape index (κ2) is 5.58. The van der Waals surface area contributed by atoms with Gasteiger partial charge in [-0.05, 0) is 0 Å². The molecule has 0 aromatic heterocycles. The number of hydrogen-bond acceptors (Lipinski definition) is 4. The Labute approximate surface area is 80.1 Å². The first-order valence-corrected chi connectivity index (χ1v) is 4.83. The molecule has 0 radical (unpaired) electrons. The molecular formula is C3H6BrLiO4S. The minimum absolute atomic E-state index is 0. The summed E-state index contributed by atoms with van der Waals surface area (Å²) in [6.07, 6.45) is -1.09. The van der Waals surface area contributed by atoms with Gasteiger partial charge in [0.15, 0.2) is 0 Å². The van der Waals surface area contributed by atoms with Gasteiger partial charge in [0, 0.05) is 5.33 Å². The van der Waals surface area contributed by atoms with Crippen LogP contribution >= 0.6 is 15.9 Å². The fourth-order valence-electron chi connectivity index (χ4n) is 0.280. The predicted octanol–water partition coefficient (Wildman–Crippen LogP) is -3.71. The Hall–Kier alpha value is 0.947. The molecule has 0 bridgehead atoms. The maximum atomic E-state index is 9.86. The van der Waals surface area contributed by atoms with E-state index in [0.29, 0.717) is 0 Å². The molecule has 0 aliphatic rings. The molecule has 7 heteroatoms. The maximum Gasteiger partial charge on any atom is 1.00 e. The van der Waals surface area contributed by atoms with Crippen LogP contribution in [0.15, 0.2) is 0 Å². The Morgan fingerprint density at radius 3 is 2.10 bits per heavy atom. The molecule has 1 atom stereocenters. The summed E-state index contributed by atoms with van der Waals surface area (Å²) in [7, 11) is -4.27. The average molecular weight is 225 g/mol. The monoisotopic (exact) mass is 224 g/mol. The first-order valence-electron chi connectivity index (χ1n) is 2.13. The number of hydrogen-bond donors (Lipinski definition) is 1. The number of aliphatic hydroxyl groups is 1. The normalized spacial score (nSPS) is 13.9. The Bertz CT molecular complexity index is 167. The molecule has 0 spiro atoms. The quantitative estimate of drug-likeness (QED) is 0.304. The summed E-state index contributed by atoms with van der Waals surface area (Å²) in [5.74, 6) is -0.724. The van der Waals surface area contributed by atoms with Crippen molar-refractivity contribution in [2.75, 3.05) is 11.1 Å². The van der Waals surface area contributed by atoms with Gasteiger partial charge in [0.2, 0.25) is 0 Å². The molecule has 10 heavy (non-hydrogen) atoms. The molecule has 1 unspecified atom stereocenters. The van der Waals surface area contributed by atoms with E-state index in [9.17, 15) is 13.0 Å². The van der Waals surface area contributed by atoms with Gasteiger partial charge in [-0.25, -0.2) is 8.42 Å². The number of rotatable bonds is 3. The van der Waals surface area contributed by atoms with Gasteiger partial charge in [-0.1, -0.05) is 15.9 Å². The Kier molecular flexibility index (Phi) is 7.55. The molecule has 0 aliphatic heterocycles. The standard InChI is InChI=1S/C3H7BrO4S.Li/c4-1-3(5)2-9(6,7)8;/h3,5H,1-2H2,(H,6,7,8);/q;+1/p-1. The van der Waals surface area contributed by atoms with Gasteiger partial charge in [-0.15, -0.1) is 0 Å². The van der Waals surface area contributed by atoms with Crippen molar-refractivity contribution in [3.05, 3.63) is 0 Å². The molecule has 0 rings (SSSR count). The fourth-order valence-corrected chi connectivity index (χ4v) is 1.40. The number of alkyl halides is 1. The van der Waals surface area contributed by atoms with E-state index >= 15 is 0 Å². The van der Waals surface area contributed by atoms with Gasteiger partial charge >= 0.3 is 18.9 Å². The second-order valence-electron chi connectivity index (χ2n) is 1.53. The van der Waals surface area contributed by atoms with Crippen LogP contribution in [0.4, 0.5) is 0 Å². The van der Waals surface area contributed by atoms with Crippen LogP contribution < -0.4 is 18.9 Å². The largest absolute Gasteiger partial charge is 1.00 e. The molecule has 0 saturated carbocycles. The van der Waals surface area contributed by atoms with Crippen LogP contribution in [0.5, 0.6) is 0 Å². The van der Waals surface area contributed by atoms with Gasteiger partial charge in [-0.3, -0.25) is 0 Å². The van der Waals surface area contributed by atoms with Crippen LogP contribution in [0, 0.1) is 0 Å². The van der Waals surface area contributed by atoms with E-state index in [2.05, 4.69) is 15.9 Å². The van der Waals surface area contributed by atoms with Crippen LogP contribution in [0.3, 0.4) is 0 Å². The van der Waals surface area contributed by atoms with Crippen LogP contribution in [-0.4, -0.2) is 35.3 Å². The van der Waals surface area contributed by atoms with E-state index in [4.69, 9.17) is 5.11 Å². The van der Waals surface area contributed by atoms with Crippen LogP contribution in [-0.2, 0) is 10.1 Å². The molecule has 56 valence electrons. The third-order valence-corrected chi connectivity index (χ3v) is 2.12. The molecule has 1 N–H and O–H groups in total. The van der Waals surface area contributed by atoms with Crippen molar-refractivity contribution in [3.63, 3.8) is 0 Å². The summed E-state index contributed by atoms with van der Waals surface area (Å²) in [4.78, 5) is 0. The second-order valence-corrected chi connectivity index (χ2v) is 3.63. The fraction of sp³-hybridized carbons (Fsp3) is 1.00. The molecule has 0 fully saturated rings. The van der Waals surface area contributed by atoms with Gasteiger partial charge < -0.3 is 9.66 Å². The van der Waals surface area contributed by atoms with E-state index in [1.54, 1.807) is 0 Å². The Morgan fingerprint density at radius 2 is 2.00 bits per heavy atom. The summed E-state index contributed by atoms with van der Waals surface area (Å²) in [6, 6.07) is 0. The smallest absolute Gasteiger partial charge is 0.748 e. The van der Waals surface area contributed by atoms with Crippen molar-refractivity contribution < 1.29 is 36.9 Å². The predicted molar refractivity (Wildman–Crippen MR) is 34.4 cm³/mol. The summed E-state index contributed by atoms with van der Waals surface area (Å²) in [5.41, 5.74) is 0.